The maximum atomic E-state index is 4.72. The van der Waals surface area contributed by atoms with E-state index in [2.05, 4.69) is 16.1 Å². The Morgan fingerprint density at radius 3 is 2.88 bits per heavy atom. The predicted molar refractivity (Wildman–Crippen MR) is 69.3 cm³/mol. The first-order valence-electron chi connectivity index (χ1n) is 5.90. The highest BCUT2D eigenvalue weighted by Gasteiger charge is 2.23. The molecule has 0 atom stereocenters. The summed E-state index contributed by atoms with van der Waals surface area (Å²) in [7, 11) is 1.59. The van der Waals surface area contributed by atoms with Crippen molar-refractivity contribution in [3.05, 3.63) is 11.6 Å². The smallest absolute Gasteiger partial charge is 0.106 e. The van der Waals surface area contributed by atoms with E-state index in [1.54, 1.807) is 7.11 Å². The van der Waals surface area contributed by atoms with E-state index in [-0.39, 0.29) is 12.4 Å². The summed E-state index contributed by atoms with van der Waals surface area (Å²) >= 11 is 0. The highest BCUT2D eigenvalue weighted by atomic mass is 35.5. The molecule has 1 aliphatic carbocycles. The first-order chi connectivity index (χ1) is 7.40. The maximum absolute atomic E-state index is 4.72. The Hall–Kier alpha value is -0.540. The Labute approximate surface area is 104 Å². The van der Waals surface area contributed by atoms with Crippen LogP contribution in [0.4, 0.5) is 0 Å². The third-order valence-electron chi connectivity index (χ3n) is 3.37. The first kappa shape index (κ1) is 13.5. The number of hydrogen-bond acceptors (Lipinski definition) is 3. The molecule has 16 heavy (non-hydrogen) atoms. The Morgan fingerprint density at radius 1 is 1.44 bits per heavy atom. The molecule has 3 nitrogen and oxygen atoms in total. The zero-order chi connectivity index (χ0) is 10.5. The first-order valence-corrected chi connectivity index (χ1v) is 5.90. The summed E-state index contributed by atoms with van der Waals surface area (Å²) < 4.78 is 0. The topological polar surface area (TPSA) is 24.8 Å². The molecule has 0 spiro atoms. The second kappa shape index (κ2) is 6.92. The molecule has 0 bridgehead atoms. The molecule has 2 aliphatic rings. The van der Waals surface area contributed by atoms with Crippen molar-refractivity contribution in [2.75, 3.05) is 20.2 Å². The standard InChI is InChI=1S/C12H20N2O.ClH/c1-15-13-9-11-5-4-8-14(10-11)12-6-2-3-7-12;/h5,9,12H,2-4,6-8,10H2,1H3;1H. The zero-order valence-electron chi connectivity index (χ0n) is 9.89. The minimum atomic E-state index is 0. The van der Waals surface area contributed by atoms with Gasteiger partial charge in [0.2, 0.25) is 0 Å². The molecule has 2 rings (SSSR count). The third kappa shape index (κ3) is 3.49. The third-order valence-corrected chi connectivity index (χ3v) is 3.37. The Bertz CT molecular complexity index is 260. The Balaban J connectivity index is 0.00000128. The quantitative estimate of drug-likeness (QED) is 0.563. The van der Waals surface area contributed by atoms with E-state index in [9.17, 15) is 0 Å². The van der Waals surface area contributed by atoms with E-state index in [4.69, 9.17) is 4.84 Å². The molecule has 0 saturated heterocycles. The molecular weight excluding hydrogens is 224 g/mol. The van der Waals surface area contributed by atoms with Crippen LogP contribution in [0.3, 0.4) is 0 Å². The van der Waals surface area contributed by atoms with Gasteiger partial charge in [-0.3, -0.25) is 4.90 Å². The fraction of sp³-hybridized carbons (Fsp3) is 0.750. The summed E-state index contributed by atoms with van der Waals surface area (Å²) in [5.74, 6) is 0. The highest BCUT2D eigenvalue weighted by Crippen LogP contribution is 2.25. The molecule has 1 fully saturated rings. The van der Waals surface area contributed by atoms with Crippen LogP contribution in [0.15, 0.2) is 16.8 Å². The summed E-state index contributed by atoms with van der Waals surface area (Å²) in [5, 5.41) is 3.84. The van der Waals surface area contributed by atoms with E-state index in [1.807, 2.05) is 6.21 Å². The van der Waals surface area contributed by atoms with Crippen LogP contribution in [0.5, 0.6) is 0 Å². The van der Waals surface area contributed by atoms with Gasteiger partial charge in [0.05, 0.1) is 6.21 Å². The van der Waals surface area contributed by atoms with Gasteiger partial charge in [-0.15, -0.1) is 12.4 Å². The van der Waals surface area contributed by atoms with Crippen molar-refractivity contribution in [1.82, 2.24) is 4.90 Å². The summed E-state index contributed by atoms with van der Waals surface area (Å²) in [4.78, 5) is 7.32. The van der Waals surface area contributed by atoms with Crippen molar-refractivity contribution in [2.24, 2.45) is 5.16 Å². The summed E-state index contributed by atoms with van der Waals surface area (Å²) in [6.07, 6.45) is 10.9. The zero-order valence-corrected chi connectivity index (χ0v) is 10.7. The molecule has 92 valence electrons. The summed E-state index contributed by atoms with van der Waals surface area (Å²) in [6, 6.07) is 0.824. The van der Waals surface area contributed by atoms with Crippen LogP contribution in [0.25, 0.3) is 0 Å². The lowest BCUT2D eigenvalue weighted by molar-refractivity contribution is 0.208. The molecule has 0 aromatic heterocycles. The van der Waals surface area contributed by atoms with E-state index in [0.29, 0.717) is 0 Å². The van der Waals surface area contributed by atoms with Crippen LogP contribution in [0.2, 0.25) is 0 Å². The van der Waals surface area contributed by atoms with Crippen molar-refractivity contribution >= 4 is 18.6 Å². The molecule has 0 unspecified atom stereocenters. The average molecular weight is 245 g/mol. The number of rotatable bonds is 3. The largest absolute Gasteiger partial charge is 0.399 e. The van der Waals surface area contributed by atoms with Crippen molar-refractivity contribution < 1.29 is 4.84 Å². The van der Waals surface area contributed by atoms with Crippen LogP contribution in [-0.4, -0.2) is 37.4 Å². The second-order valence-corrected chi connectivity index (χ2v) is 4.39. The Morgan fingerprint density at radius 2 is 2.19 bits per heavy atom. The van der Waals surface area contributed by atoms with E-state index in [1.165, 1.54) is 37.8 Å². The van der Waals surface area contributed by atoms with E-state index in [0.717, 1.165) is 19.0 Å². The van der Waals surface area contributed by atoms with Gasteiger partial charge >= 0.3 is 0 Å². The fourth-order valence-electron chi connectivity index (χ4n) is 2.59. The van der Waals surface area contributed by atoms with Gasteiger partial charge in [-0.25, -0.2) is 0 Å². The van der Waals surface area contributed by atoms with Gasteiger partial charge in [-0.05, 0) is 24.8 Å². The van der Waals surface area contributed by atoms with Crippen LogP contribution in [-0.2, 0) is 4.84 Å². The minimum Gasteiger partial charge on any atom is -0.399 e. The van der Waals surface area contributed by atoms with Gasteiger partial charge in [-0.2, -0.15) is 0 Å². The van der Waals surface area contributed by atoms with Gasteiger partial charge < -0.3 is 4.84 Å². The molecule has 0 aromatic carbocycles. The lowest BCUT2D eigenvalue weighted by Gasteiger charge is -2.31. The second-order valence-electron chi connectivity index (χ2n) is 4.39. The van der Waals surface area contributed by atoms with Crippen molar-refractivity contribution in [1.29, 1.82) is 0 Å². The highest BCUT2D eigenvalue weighted by molar-refractivity contribution is 5.85. The van der Waals surface area contributed by atoms with Crippen molar-refractivity contribution in [2.45, 2.75) is 38.1 Å². The molecule has 0 N–H and O–H groups in total. The van der Waals surface area contributed by atoms with Crippen LogP contribution < -0.4 is 0 Å². The Kier molecular flexibility index (Phi) is 5.85. The van der Waals surface area contributed by atoms with Crippen LogP contribution in [0, 0.1) is 0 Å². The van der Waals surface area contributed by atoms with Gasteiger partial charge in [0, 0.05) is 19.1 Å². The monoisotopic (exact) mass is 244 g/mol. The molecule has 4 heteroatoms. The SMILES string of the molecule is CON=CC1=CCCN(C2CCCC2)C1.Cl. The lowest BCUT2D eigenvalue weighted by atomic mass is 10.1. The van der Waals surface area contributed by atoms with Crippen molar-refractivity contribution in [3.63, 3.8) is 0 Å². The fourth-order valence-corrected chi connectivity index (χ4v) is 2.59. The molecule has 0 amide bonds. The maximum Gasteiger partial charge on any atom is 0.106 e. The van der Waals surface area contributed by atoms with E-state index >= 15 is 0 Å². The van der Waals surface area contributed by atoms with Crippen LogP contribution in [0.1, 0.15) is 32.1 Å². The van der Waals surface area contributed by atoms with Gasteiger partial charge in [-0.1, -0.05) is 24.1 Å². The predicted octanol–water partition coefficient (Wildman–Crippen LogP) is 2.62. The molecular formula is C12H21ClN2O. The van der Waals surface area contributed by atoms with Crippen LogP contribution >= 0.6 is 12.4 Å². The van der Waals surface area contributed by atoms with Gasteiger partial charge in [0.25, 0.3) is 0 Å². The summed E-state index contributed by atoms with van der Waals surface area (Å²) in [5.41, 5.74) is 1.30. The number of hydrogen-bond donors (Lipinski definition) is 0. The molecule has 1 heterocycles. The normalized spacial score (nSPS) is 23.2. The van der Waals surface area contributed by atoms with Gasteiger partial charge in [0.1, 0.15) is 7.11 Å². The van der Waals surface area contributed by atoms with E-state index < -0.39 is 0 Å². The minimum absolute atomic E-state index is 0. The summed E-state index contributed by atoms with van der Waals surface area (Å²) in [6.45, 7) is 2.27. The molecule has 1 aliphatic heterocycles. The molecule has 0 radical (unpaired) electrons. The lowest BCUT2D eigenvalue weighted by Crippen LogP contribution is -2.37. The number of oxime groups is 1. The average Bonchev–Trinajstić information content (AvgIpc) is 2.80. The molecule has 1 saturated carbocycles. The number of nitrogens with zero attached hydrogens (tertiary/aromatic N) is 2. The molecule has 0 aromatic rings. The van der Waals surface area contributed by atoms with Gasteiger partial charge in [0.15, 0.2) is 0 Å². The number of halogens is 1. The van der Waals surface area contributed by atoms with Crippen molar-refractivity contribution in [3.8, 4) is 0 Å².